The Hall–Kier alpha value is -1.42. The lowest BCUT2D eigenvalue weighted by molar-refractivity contribution is 0.0692. The van der Waals surface area contributed by atoms with Crippen molar-refractivity contribution in [2.45, 2.75) is 45.6 Å². The maximum absolute atomic E-state index is 13.5. The van der Waals surface area contributed by atoms with Crippen LogP contribution in [0.1, 0.15) is 54.9 Å². The van der Waals surface area contributed by atoms with Crippen molar-refractivity contribution in [1.82, 2.24) is 5.32 Å². The first-order valence-corrected chi connectivity index (χ1v) is 7.23. The molecular formula is C16H22FNO2. The second-order valence-corrected chi connectivity index (χ2v) is 6.09. The van der Waals surface area contributed by atoms with E-state index in [1.165, 1.54) is 44.2 Å². The fourth-order valence-electron chi connectivity index (χ4n) is 2.93. The Morgan fingerprint density at radius 2 is 2.05 bits per heavy atom. The van der Waals surface area contributed by atoms with Gasteiger partial charge in [0.05, 0.1) is 5.56 Å². The van der Waals surface area contributed by atoms with Crippen molar-refractivity contribution in [3.05, 3.63) is 35.1 Å². The third-order valence-corrected chi connectivity index (χ3v) is 4.21. The van der Waals surface area contributed by atoms with Crippen molar-refractivity contribution in [3.63, 3.8) is 0 Å². The van der Waals surface area contributed by atoms with E-state index in [1.807, 2.05) is 0 Å². The quantitative estimate of drug-likeness (QED) is 0.866. The maximum Gasteiger partial charge on any atom is 0.338 e. The molecule has 1 fully saturated rings. The van der Waals surface area contributed by atoms with E-state index in [0.29, 0.717) is 12.0 Å². The molecule has 0 aromatic heterocycles. The van der Waals surface area contributed by atoms with Crippen molar-refractivity contribution in [2.24, 2.45) is 5.41 Å². The molecule has 1 aromatic rings. The van der Waals surface area contributed by atoms with Gasteiger partial charge in [-0.15, -0.1) is 0 Å². The van der Waals surface area contributed by atoms with Crippen molar-refractivity contribution in [3.8, 4) is 0 Å². The van der Waals surface area contributed by atoms with E-state index in [0.717, 1.165) is 12.1 Å². The predicted molar refractivity (Wildman–Crippen MR) is 76.3 cm³/mol. The van der Waals surface area contributed by atoms with Gasteiger partial charge in [0.2, 0.25) is 0 Å². The molecule has 0 spiro atoms. The summed E-state index contributed by atoms with van der Waals surface area (Å²) >= 11 is 0. The molecule has 4 heteroatoms. The van der Waals surface area contributed by atoms with Crippen molar-refractivity contribution in [2.75, 3.05) is 6.54 Å². The van der Waals surface area contributed by atoms with Crippen LogP contribution in [0, 0.1) is 11.2 Å². The van der Waals surface area contributed by atoms with Gasteiger partial charge in [-0.2, -0.15) is 0 Å². The molecule has 1 aliphatic rings. The van der Waals surface area contributed by atoms with Crippen LogP contribution >= 0.6 is 0 Å². The Kier molecular flexibility index (Phi) is 4.76. The van der Waals surface area contributed by atoms with Gasteiger partial charge in [0, 0.05) is 13.1 Å². The van der Waals surface area contributed by atoms with E-state index in [1.54, 1.807) is 6.07 Å². The molecule has 0 saturated heterocycles. The first-order chi connectivity index (χ1) is 9.50. The Morgan fingerprint density at radius 1 is 1.35 bits per heavy atom. The zero-order valence-corrected chi connectivity index (χ0v) is 11.9. The van der Waals surface area contributed by atoms with E-state index in [4.69, 9.17) is 5.11 Å². The number of nitrogens with one attached hydrogen (secondary N) is 1. The summed E-state index contributed by atoms with van der Waals surface area (Å²) in [6.07, 6.45) is 6.40. The van der Waals surface area contributed by atoms with Gasteiger partial charge in [-0.1, -0.05) is 32.3 Å². The molecule has 2 N–H and O–H groups in total. The van der Waals surface area contributed by atoms with Gasteiger partial charge in [0.1, 0.15) is 5.82 Å². The van der Waals surface area contributed by atoms with Crippen LogP contribution in [-0.4, -0.2) is 17.6 Å². The summed E-state index contributed by atoms with van der Waals surface area (Å²) in [5, 5.41) is 12.2. The number of benzene rings is 1. The third-order valence-electron chi connectivity index (χ3n) is 4.21. The summed E-state index contributed by atoms with van der Waals surface area (Å²) in [7, 11) is 0. The number of aromatic carboxylic acids is 1. The third kappa shape index (κ3) is 3.79. The molecule has 0 aliphatic heterocycles. The molecule has 110 valence electrons. The second kappa shape index (κ2) is 6.35. The Balaban J connectivity index is 1.88. The van der Waals surface area contributed by atoms with Crippen LogP contribution in [0.15, 0.2) is 18.2 Å². The lowest BCUT2D eigenvalue weighted by atomic mass is 9.76. The molecule has 1 saturated carbocycles. The summed E-state index contributed by atoms with van der Waals surface area (Å²) in [6.45, 7) is 3.80. The first-order valence-electron chi connectivity index (χ1n) is 7.23. The number of hydrogen-bond donors (Lipinski definition) is 2. The molecule has 0 atom stereocenters. The number of hydrogen-bond acceptors (Lipinski definition) is 2. The molecule has 1 aliphatic carbocycles. The monoisotopic (exact) mass is 279 g/mol. The number of carboxylic acids is 1. The van der Waals surface area contributed by atoms with E-state index in [2.05, 4.69) is 12.2 Å². The van der Waals surface area contributed by atoms with Crippen LogP contribution in [0.4, 0.5) is 4.39 Å². The number of carboxylic acid groups (broad SMARTS) is 1. The summed E-state index contributed by atoms with van der Waals surface area (Å²) in [5.41, 5.74) is 0.859. The molecule has 0 bridgehead atoms. The van der Waals surface area contributed by atoms with Gasteiger partial charge in [-0.3, -0.25) is 0 Å². The zero-order valence-electron chi connectivity index (χ0n) is 11.9. The van der Waals surface area contributed by atoms with Gasteiger partial charge >= 0.3 is 5.97 Å². The lowest BCUT2D eigenvalue weighted by Gasteiger charge is -2.33. The highest BCUT2D eigenvalue weighted by molar-refractivity contribution is 5.87. The fraction of sp³-hybridized carbons (Fsp3) is 0.562. The topological polar surface area (TPSA) is 49.3 Å². The number of halogens is 1. The van der Waals surface area contributed by atoms with E-state index >= 15 is 0 Å². The van der Waals surface area contributed by atoms with Gasteiger partial charge in [-0.05, 0) is 36.0 Å². The minimum Gasteiger partial charge on any atom is -0.478 e. The average Bonchev–Trinajstić information content (AvgIpc) is 2.39. The van der Waals surface area contributed by atoms with Gasteiger partial charge < -0.3 is 10.4 Å². The standard InChI is InChI=1S/C16H22FNO2/c1-16(7-3-2-4-8-16)11-18-10-12-5-6-13(15(19)20)14(17)9-12/h5-6,9,18H,2-4,7-8,10-11H2,1H3,(H,19,20). The van der Waals surface area contributed by atoms with Gasteiger partial charge in [0.25, 0.3) is 0 Å². The molecule has 1 aromatic carbocycles. The molecular weight excluding hydrogens is 257 g/mol. The number of carbonyl (C=O) groups is 1. The van der Waals surface area contributed by atoms with E-state index < -0.39 is 11.8 Å². The highest BCUT2D eigenvalue weighted by Crippen LogP contribution is 2.34. The molecule has 20 heavy (non-hydrogen) atoms. The van der Waals surface area contributed by atoms with Gasteiger partial charge in [0.15, 0.2) is 0 Å². The van der Waals surface area contributed by atoms with Crippen molar-refractivity contribution >= 4 is 5.97 Å². The lowest BCUT2D eigenvalue weighted by Crippen LogP contribution is -2.33. The largest absolute Gasteiger partial charge is 0.478 e. The molecule has 0 unspecified atom stereocenters. The van der Waals surface area contributed by atoms with Crippen molar-refractivity contribution in [1.29, 1.82) is 0 Å². The van der Waals surface area contributed by atoms with Crippen LogP contribution in [0.5, 0.6) is 0 Å². The summed E-state index contributed by atoms with van der Waals surface area (Å²) in [5.74, 6) is -1.89. The Labute approximate surface area is 119 Å². The van der Waals surface area contributed by atoms with Crippen molar-refractivity contribution < 1.29 is 14.3 Å². The molecule has 3 nitrogen and oxygen atoms in total. The smallest absolute Gasteiger partial charge is 0.338 e. The van der Waals surface area contributed by atoms with E-state index in [9.17, 15) is 9.18 Å². The first kappa shape index (κ1) is 15.0. The minimum absolute atomic E-state index is 0.270. The fourth-order valence-corrected chi connectivity index (χ4v) is 2.93. The predicted octanol–water partition coefficient (Wildman–Crippen LogP) is 3.58. The molecule has 0 amide bonds. The summed E-state index contributed by atoms with van der Waals surface area (Å²) in [6, 6.07) is 4.30. The minimum atomic E-state index is -1.23. The number of rotatable bonds is 5. The van der Waals surface area contributed by atoms with Crippen LogP contribution in [0.25, 0.3) is 0 Å². The molecule has 2 rings (SSSR count). The second-order valence-electron chi connectivity index (χ2n) is 6.09. The Morgan fingerprint density at radius 3 is 2.65 bits per heavy atom. The zero-order chi connectivity index (χ0) is 14.6. The van der Waals surface area contributed by atoms with Crippen LogP contribution in [0.3, 0.4) is 0 Å². The van der Waals surface area contributed by atoms with Crippen LogP contribution < -0.4 is 5.32 Å². The Bertz CT molecular complexity index is 481. The van der Waals surface area contributed by atoms with Crippen LogP contribution in [0.2, 0.25) is 0 Å². The maximum atomic E-state index is 13.5. The molecule has 0 heterocycles. The summed E-state index contributed by atoms with van der Waals surface area (Å²) in [4.78, 5) is 10.7. The van der Waals surface area contributed by atoms with Gasteiger partial charge in [-0.25, -0.2) is 9.18 Å². The normalized spacial score (nSPS) is 17.9. The average molecular weight is 279 g/mol. The van der Waals surface area contributed by atoms with E-state index in [-0.39, 0.29) is 5.56 Å². The SMILES string of the molecule is CC1(CNCc2ccc(C(=O)O)c(F)c2)CCCCC1. The summed E-state index contributed by atoms with van der Waals surface area (Å²) < 4.78 is 13.5. The highest BCUT2D eigenvalue weighted by atomic mass is 19.1. The highest BCUT2D eigenvalue weighted by Gasteiger charge is 2.26. The van der Waals surface area contributed by atoms with Crippen LogP contribution in [-0.2, 0) is 6.54 Å². The molecule has 0 radical (unpaired) electrons.